The minimum atomic E-state index is -0.923. The standard InChI is InChI=1S/C16H13NO6/c18-11-8-13(23-12-5-2-1-4-10(11)12)16(21)22-9-15(20)17-7-3-6-14(17)19/h1-2,4-5,8H,3,6-7,9H2. The van der Waals surface area contributed by atoms with E-state index in [9.17, 15) is 19.2 Å². The van der Waals surface area contributed by atoms with Gasteiger partial charge in [-0.3, -0.25) is 19.3 Å². The van der Waals surface area contributed by atoms with Gasteiger partial charge in [-0.1, -0.05) is 12.1 Å². The number of benzene rings is 1. The fourth-order valence-electron chi connectivity index (χ4n) is 2.39. The highest BCUT2D eigenvalue weighted by atomic mass is 16.5. The third-order valence-electron chi connectivity index (χ3n) is 3.54. The van der Waals surface area contributed by atoms with Crippen LogP contribution in [0.25, 0.3) is 11.0 Å². The number of hydrogen-bond acceptors (Lipinski definition) is 6. The fourth-order valence-corrected chi connectivity index (χ4v) is 2.39. The molecule has 2 amide bonds. The van der Waals surface area contributed by atoms with Crippen molar-refractivity contribution in [2.45, 2.75) is 12.8 Å². The Hall–Kier alpha value is -2.96. The Bertz CT molecular complexity index is 853. The first kappa shape index (κ1) is 15.0. The van der Waals surface area contributed by atoms with Crippen LogP contribution in [0.5, 0.6) is 0 Å². The lowest BCUT2D eigenvalue weighted by atomic mass is 10.2. The van der Waals surface area contributed by atoms with Crippen molar-refractivity contribution in [3.63, 3.8) is 0 Å². The van der Waals surface area contributed by atoms with E-state index in [0.717, 1.165) is 11.0 Å². The zero-order chi connectivity index (χ0) is 16.4. The van der Waals surface area contributed by atoms with Gasteiger partial charge in [-0.2, -0.15) is 0 Å². The maximum absolute atomic E-state index is 11.9. The minimum absolute atomic E-state index is 0.257. The van der Waals surface area contributed by atoms with Gasteiger partial charge in [0.1, 0.15) is 5.58 Å². The van der Waals surface area contributed by atoms with Crippen LogP contribution < -0.4 is 5.43 Å². The summed E-state index contributed by atoms with van der Waals surface area (Å²) in [5.74, 6) is -2.06. The number of fused-ring (bicyclic) bond motifs is 1. The van der Waals surface area contributed by atoms with E-state index in [2.05, 4.69) is 0 Å². The van der Waals surface area contributed by atoms with E-state index in [-0.39, 0.29) is 22.7 Å². The highest BCUT2D eigenvalue weighted by Gasteiger charge is 2.27. The lowest BCUT2D eigenvalue weighted by Gasteiger charge is -2.13. The molecule has 0 aliphatic carbocycles. The molecule has 0 N–H and O–H groups in total. The van der Waals surface area contributed by atoms with Crippen LogP contribution in [0.4, 0.5) is 0 Å². The van der Waals surface area contributed by atoms with Crippen molar-refractivity contribution in [1.82, 2.24) is 4.90 Å². The van der Waals surface area contributed by atoms with Gasteiger partial charge in [-0.15, -0.1) is 0 Å². The zero-order valence-electron chi connectivity index (χ0n) is 12.1. The second kappa shape index (κ2) is 6.04. The molecule has 2 aromatic rings. The molecule has 1 aromatic heterocycles. The van der Waals surface area contributed by atoms with Gasteiger partial charge in [0.25, 0.3) is 5.91 Å². The number of likely N-dealkylation sites (tertiary alicyclic amines) is 1. The summed E-state index contributed by atoms with van der Waals surface area (Å²) >= 11 is 0. The normalized spacial score (nSPS) is 14.3. The van der Waals surface area contributed by atoms with Gasteiger partial charge in [-0.05, 0) is 18.6 Å². The van der Waals surface area contributed by atoms with Crippen LogP contribution in [0.1, 0.15) is 23.4 Å². The zero-order valence-corrected chi connectivity index (χ0v) is 12.1. The predicted octanol–water partition coefficient (Wildman–Crippen LogP) is 1.10. The molecular weight excluding hydrogens is 302 g/mol. The number of nitrogens with zero attached hydrogens (tertiary/aromatic N) is 1. The molecule has 7 nitrogen and oxygen atoms in total. The third-order valence-corrected chi connectivity index (χ3v) is 3.54. The van der Waals surface area contributed by atoms with Crippen LogP contribution in [0.15, 0.2) is 39.5 Å². The lowest BCUT2D eigenvalue weighted by Crippen LogP contribution is -2.35. The fraction of sp³-hybridized carbons (Fsp3) is 0.250. The Balaban J connectivity index is 1.72. The number of esters is 1. The van der Waals surface area contributed by atoms with Gasteiger partial charge in [0.05, 0.1) is 5.39 Å². The highest BCUT2D eigenvalue weighted by molar-refractivity contribution is 5.98. The smallest absolute Gasteiger partial charge is 0.374 e. The number of hydrogen-bond donors (Lipinski definition) is 0. The Morgan fingerprint density at radius 3 is 2.74 bits per heavy atom. The third kappa shape index (κ3) is 2.98. The monoisotopic (exact) mass is 315 g/mol. The summed E-state index contributed by atoms with van der Waals surface area (Å²) in [6, 6.07) is 7.52. The number of carbonyl (C=O) groups excluding carboxylic acids is 3. The molecule has 7 heteroatoms. The van der Waals surface area contributed by atoms with E-state index in [1.165, 1.54) is 0 Å². The molecule has 0 radical (unpaired) electrons. The first-order valence-corrected chi connectivity index (χ1v) is 7.09. The van der Waals surface area contributed by atoms with Gasteiger partial charge >= 0.3 is 5.97 Å². The average molecular weight is 315 g/mol. The molecule has 0 bridgehead atoms. The summed E-state index contributed by atoms with van der Waals surface area (Å²) in [5.41, 5.74) is -0.118. The van der Waals surface area contributed by atoms with E-state index < -0.39 is 18.5 Å². The van der Waals surface area contributed by atoms with Gasteiger partial charge in [0.2, 0.25) is 11.7 Å². The molecule has 1 fully saturated rings. The largest absolute Gasteiger partial charge is 0.450 e. The van der Waals surface area contributed by atoms with Crippen LogP contribution >= 0.6 is 0 Å². The molecule has 1 aliphatic rings. The molecule has 23 heavy (non-hydrogen) atoms. The van der Waals surface area contributed by atoms with E-state index in [1.807, 2.05) is 0 Å². The summed E-state index contributed by atoms with van der Waals surface area (Å²) in [5, 5.41) is 0.350. The van der Waals surface area contributed by atoms with E-state index >= 15 is 0 Å². The van der Waals surface area contributed by atoms with Gasteiger partial charge < -0.3 is 9.15 Å². The topological polar surface area (TPSA) is 93.9 Å². The Morgan fingerprint density at radius 2 is 2.00 bits per heavy atom. The van der Waals surface area contributed by atoms with Crippen LogP contribution in [0.3, 0.4) is 0 Å². The predicted molar refractivity (Wildman–Crippen MR) is 78.7 cm³/mol. The van der Waals surface area contributed by atoms with Gasteiger partial charge in [0, 0.05) is 19.0 Å². The average Bonchev–Trinajstić information content (AvgIpc) is 2.98. The molecule has 1 aromatic carbocycles. The van der Waals surface area contributed by atoms with Gasteiger partial charge in [-0.25, -0.2) is 4.79 Å². The van der Waals surface area contributed by atoms with Crippen molar-refractivity contribution in [2.75, 3.05) is 13.2 Å². The van der Waals surface area contributed by atoms with Crippen LogP contribution in [0, 0.1) is 0 Å². The molecule has 1 aliphatic heterocycles. The van der Waals surface area contributed by atoms with Crippen LogP contribution in [-0.2, 0) is 14.3 Å². The van der Waals surface area contributed by atoms with Crippen molar-refractivity contribution in [2.24, 2.45) is 0 Å². The number of carbonyl (C=O) groups is 3. The molecule has 0 spiro atoms. The number of imide groups is 1. The van der Waals surface area contributed by atoms with Crippen LogP contribution in [-0.4, -0.2) is 35.8 Å². The van der Waals surface area contributed by atoms with Crippen molar-refractivity contribution >= 4 is 28.8 Å². The Kier molecular flexibility index (Phi) is 3.92. The molecule has 0 atom stereocenters. The molecule has 0 saturated carbocycles. The second-order valence-corrected chi connectivity index (χ2v) is 5.09. The second-order valence-electron chi connectivity index (χ2n) is 5.09. The number of ether oxygens (including phenoxy) is 1. The van der Waals surface area contributed by atoms with E-state index in [4.69, 9.17) is 9.15 Å². The SMILES string of the molecule is O=C(OCC(=O)N1CCCC1=O)c1cc(=O)c2ccccc2o1. The van der Waals surface area contributed by atoms with Crippen molar-refractivity contribution in [3.05, 3.63) is 46.3 Å². The molecule has 0 unspecified atom stereocenters. The minimum Gasteiger partial charge on any atom is -0.450 e. The van der Waals surface area contributed by atoms with Crippen molar-refractivity contribution in [3.8, 4) is 0 Å². The maximum Gasteiger partial charge on any atom is 0.374 e. The molecule has 2 heterocycles. The van der Waals surface area contributed by atoms with Crippen molar-refractivity contribution in [1.29, 1.82) is 0 Å². The molecule has 3 rings (SSSR count). The number of para-hydroxylation sites is 1. The number of rotatable bonds is 3. The lowest BCUT2D eigenvalue weighted by molar-refractivity contribution is -0.143. The van der Waals surface area contributed by atoms with E-state index in [1.54, 1.807) is 24.3 Å². The highest BCUT2D eigenvalue weighted by Crippen LogP contribution is 2.13. The van der Waals surface area contributed by atoms with Gasteiger partial charge in [0.15, 0.2) is 12.0 Å². The Morgan fingerprint density at radius 1 is 1.22 bits per heavy atom. The maximum atomic E-state index is 11.9. The van der Waals surface area contributed by atoms with Crippen LogP contribution in [0.2, 0.25) is 0 Å². The first-order chi connectivity index (χ1) is 11.1. The number of amides is 2. The molecule has 118 valence electrons. The molecule has 1 saturated heterocycles. The summed E-state index contributed by atoms with van der Waals surface area (Å²) in [6.45, 7) is -0.235. The Labute approximate surface area is 130 Å². The van der Waals surface area contributed by atoms with Crippen molar-refractivity contribution < 1.29 is 23.5 Å². The summed E-state index contributed by atoms with van der Waals surface area (Å²) in [6.07, 6.45) is 0.928. The quantitative estimate of drug-likeness (QED) is 0.787. The molecular formula is C16H13NO6. The summed E-state index contributed by atoms with van der Waals surface area (Å²) in [4.78, 5) is 48.1. The first-order valence-electron chi connectivity index (χ1n) is 7.09. The van der Waals surface area contributed by atoms with E-state index in [0.29, 0.717) is 24.8 Å². The summed E-state index contributed by atoms with van der Waals surface area (Å²) in [7, 11) is 0. The summed E-state index contributed by atoms with van der Waals surface area (Å²) < 4.78 is 10.2.